The lowest BCUT2D eigenvalue weighted by Gasteiger charge is -2.06. The van der Waals surface area contributed by atoms with Crippen molar-refractivity contribution in [1.29, 1.82) is 0 Å². The van der Waals surface area contributed by atoms with E-state index in [0.29, 0.717) is 0 Å². The van der Waals surface area contributed by atoms with Gasteiger partial charge in [-0.2, -0.15) is 0 Å². The Morgan fingerprint density at radius 1 is 0.821 bits per heavy atom. The fraction of sp³-hybridized carbons (Fsp3) is 0.0435. The summed E-state index contributed by atoms with van der Waals surface area (Å²) in [5.74, 6) is -0.0902. The first-order chi connectivity index (χ1) is 13.7. The SMILES string of the molecule is CC(=O)Nc1cccc(Nc2nc(-c3ccc(-c4ccccc4)cc3)cs2)c1. The number of carbonyl (C=O) groups is 1. The van der Waals surface area contributed by atoms with Crippen LogP contribution in [0.1, 0.15) is 6.92 Å². The van der Waals surface area contributed by atoms with Gasteiger partial charge in [0.2, 0.25) is 5.91 Å². The lowest BCUT2D eigenvalue weighted by atomic mass is 10.0. The van der Waals surface area contributed by atoms with Crippen LogP contribution in [0.4, 0.5) is 16.5 Å². The normalized spacial score (nSPS) is 10.5. The van der Waals surface area contributed by atoms with E-state index < -0.39 is 0 Å². The molecule has 5 heteroatoms. The molecule has 4 rings (SSSR count). The summed E-state index contributed by atoms with van der Waals surface area (Å²) in [4.78, 5) is 15.9. The molecule has 4 aromatic rings. The van der Waals surface area contributed by atoms with E-state index >= 15 is 0 Å². The van der Waals surface area contributed by atoms with Crippen molar-refractivity contribution in [2.75, 3.05) is 10.6 Å². The van der Waals surface area contributed by atoms with Gasteiger partial charge in [0.1, 0.15) is 0 Å². The summed E-state index contributed by atoms with van der Waals surface area (Å²) in [5, 5.41) is 8.93. The van der Waals surface area contributed by atoms with Gasteiger partial charge in [-0.3, -0.25) is 4.79 Å². The summed E-state index contributed by atoms with van der Waals surface area (Å²) < 4.78 is 0. The summed E-state index contributed by atoms with van der Waals surface area (Å²) in [6, 6.07) is 26.3. The first-order valence-electron chi connectivity index (χ1n) is 8.93. The summed E-state index contributed by atoms with van der Waals surface area (Å²) in [6.07, 6.45) is 0. The molecular formula is C23H19N3OS. The van der Waals surface area contributed by atoms with Crippen molar-refractivity contribution in [3.8, 4) is 22.4 Å². The van der Waals surface area contributed by atoms with Gasteiger partial charge < -0.3 is 10.6 Å². The minimum atomic E-state index is -0.0902. The topological polar surface area (TPSA) is 54.0 Å². The van der Waals surface area contributed by atoms with Gasteiger partial charge in [0.05, 0.1) is 5.69 Å². The number of amides is 1. The zero-order valence-corrected chi connectivity index (χ0v) is 16.2. The van der Waals surface area contributed by atoms with E-state index in [4.69, 9.17) is 0 Å². The van der Waals surface area contributed by atoms with Gasteiger partial charge in [0.25, 0.3) is 0 Å². The van der Waals surface area contributed by atoms with E-state index in [1.54, 1.807) is 11.3 Å². The third-order valence-corrected chi connectivity index (χ3v) is 4.98. The van der Waals surface area contributed by atoms with Crippen LogP contribution in [0.3, 0.4) is 0 Å². The van der Waals surface area contributed by atoms with Crippen molar-refractivity contribution in [1.82, 2.24) is 4.98 Å². The van der Waals surface area contributed by atoms with Gasteiger partial charge in [-0.15, -0.1) is 11.3 Å². The summed E-state index contributed by atoms with van der Waals surface area (Å²) in [7, 11) is 0. The fourth-order valence-electron chi connectivity index (χ4n) is 2.93. The molecule has 3 aromatic carbocycles. The Labute approximate surface area is 167 Å². The summed E-state index contributed by atoms with van der Waals surface area (Å²) in [5.41, 5.74) is 6.04. The number of hydrogen-bond acceptors (Lipinski definition) is 4. The molecule has 28 heavy (non-hydrogen) atoms. The minimum absolute atomic E-state index is 0.0902. The van der Waals surface area contributed by atoms with E-state index in [0.717, 1.165) is 27.8 Å². The maximum Gasteiger partial charge on any atom is 0.221 e. The first kappa shape index (κ1) is 17.9. The summed E-state index contributed by atoms with van der Waals surface area (Å²) in [6.45, 7) is 1.50. The second kappa shape index (κ2) is 8.06. The number of thiazole rings is 1. The molecule has 0 aliphatic rings. The highest BCUT2D eigenvalue weighted by atomic mass is 32.1. The Balaban J connectivity index is 1.49. The van der Waals surface area contributed by atoms with E-state index in [1.165, 1.54) is 18.1 Å². The minimum Gasteiger partial charge on any atom is -0.331 e. The second-order valence-corrected chi connectivity index (χ2v) is 7.23. The monoisotopic (exact) mass is 385 g/mol. The molecule has 0 radical (unpaired) electrons. The highest BCUT2D eigenvalue weighted by molar-refractivity contribution is 7.14. The standard InChI is InChI=1S/C23H19N3OS/c1-16(27)24-20-8-5-9-21(14-20)25-23-26-22(15-28-23)19-12-10-18(11-13-19)17-6-3-2-4-7-17/h2-15H,1H3,(H,24,27)(H,25,26). The quantitative estimate of drug-likeness (QED) is 0.431. The number of aromatic nitrogens is 1. The fourth-order valence-corrected chi connectivity index (χ4v) is 3.67. The van der Waals surface area contributed by atoms with E-state index in [2.05, 4.69) is 52.0 Å². The van der Waals surface area contributed by atoms with Crippen molar-refractivity contribution in [3.05, 3.63) is 84.2 Å². The molecule has 1 aromatic heterocycles. The van der Waals surface area contributed by atoms with E-state index in [1.807, 2.05) is 47.8 Å². The highest BCUT2D eigenvalue weighted by Crippen LogP contribution is 2.29. The molecule has 0 aliphatic carbocycles. The lowest BCUT2D eigenvalue weighted by molar-refractivity contribution is -0.114. The van der Waals surface area contributed by atoms with Gasteiger partial charge in [-0.25, -0.2) is 4.98 Å². The lowest BCUT2D eigenvalue weighted by Crippen LogP contribution is -2.05. The highest BCUT2D eigenvalue weighted by Gasteiger charge is 2.06. The largest absolute Gasteiger partial charge is 0.331 e. The molecular weight excluding hydrogens is 366 g/mol. The predicted octanol–water partition coefficient (Wildman–Crippen LogP) is 6.18. The van der Waals surface area contributed by atoms with Gasteiger partial charge in [0, 0.05) is 29.2 Å². The molecule has 4 nitrogen and oxygen atoms in total. The summed E-state index contributed by atoms with van der Waals surface area (Å²) >= 11 is 1.55. The third-order valence-electron chi connectivity index (χ3n) is 4.23. The molecule has 2 N–H and O–H groups in total. The van der Waals surface area contributed by atoms with Gasteiger partial charge in [-0.05, 0) is 29.3 Å². The van der Waals surface area contributed by atoms with Crippen molar-refractivity contribution in [2.45, 2.75) is 6.92 Å². The number of hydrogen-bond donors (Lipinski definition) is 2. The number of carbonyl (C=O) groups excluding carboxylic acids is 1. The van der Waals surface area contributed by atoms with Crippen LogP contribution < -0.4 is 10.6 Å². The van der Waals surface area contributed by atoms with Crippen LogP contribution in [0.15, 0.2) is 84.2 Å². The third kappa shape index (κ3) is 4.27. The Hall–Kier alpha value is -3.44. The van der Waals surface area contributed by atoms with Crippen LogP contribution in [-0.2, 0) is 4.79 Å². The second-order valence-electron chi connectivity index (χ2n) is 6.37. The number of nitrogens with one attached hydrogen (secondary N) is 2. The maximum atomic E-state index is 11.2. The van der Waals surface area contributed by atoms with E-state index in [-0.39, 0.29) is 5.91 Å². The molecule has 0 fully saturated rings. The average molecular weight is 385 g/mol. The Bertz CT molecular complexity index is 1090. The number of anilines is 3. The maximum absolute atomic E-state index is 11.2. The first-order valence-corrected chi connectivity index (χ1v) is 9.81. The van der Waals surface area contributed by atoms with Gasteiger partial charge in [0.15, 0.2) is 5.13 Å². The Kier molecular flexibility index (Phi) is 5.17. The van der Waals surface area contributed by atoms with Gasteiger partial charge >= 0.3 is 0 Å². The smallest absolute Gasteiger partial charge is 0.221 e. The molecule has 0 saturated carbocycles. The zero-order valence-electron chi connectivity index (χ0n) is 15.3. The Morgan fingerprint density at radius 3 is 2.25 bits per heavy atom. The van der Waals surface area contributed by atoms with Gasteiger partial charge in [-0.1, -0.05) is 60.7 Å². The molecule has 0 atom stereocenters. The predicted molar refractivity (Wildman–Crippen MR) is 117 cm³/mol. The van der Waals surface area contributed by atoms with Crippen LogP contribution in [0.25, 0.3) is 22.4 Å². The van der Waals surface area contributed by atoms with Crippen molar-refractivity contribution >= 4 is 33.8 Å². The average Bonchev–Trinajstić information content (AvgIpc) is 3.17. The molecule has 138 valence electrons. The molecule has 0 aliphatic heterocycles. The van der Waals surface area contributed by atoms with E-state index in [9.17, 15) is 4.79 Å². The number of nitrogens with zero attached hydrogens (tertiary/aromatic N) is 1. The zero-order chi connectivity index (χ0) is 19.3. The number of rotatable bonds is 5. The van der Waals surface area contributed by atoms with Crippen LogP contribution in [0.5, 0.6) is 0 Å². The molecule has 1 heterocycles. The molecule has 1 amide bonds. The Morgan fingerprint density at radius 2 is 1.50 bits per heavy atom. The molecule has 0 unspecified atom stereocenters. The van der Waals surface area contributed by atoms with Crippen LogP contribution in [-0.4, -0.2) is 10.9 Å². The molecule has 0 bridgehead atoms. The van der Waals surface area contributed by atoms with Crippen LogP contribution in [0.2, 0.25) is 0 Å². The van der Waals surface area contributed by atoms with Crippen LogP contribution in [0, 0.1) is 0 Å². The van der Waals surface area contributed by atoms with Crippen molar-refractivity contribution in [2.24, 2.45) is 0 Å². The molecule has 0 spiro atoms. The molecule has 0 saturated heterocycles. The van der Waals surface area contributed by atoms with Crippen molar-refractivity contribution in [3.63, 3.8) is 0 Å². The van der Waals surface area contributed by atoms with Crippen molar-refractivity contribution < 1.29 is 4.79 Å². The van der Waals surface area contributed by atoms with Crippen LogP contribution >= 0.6 is 11.3 Å². The number of benzene rings is 3.